The maximum absolute atomic E-state index is 13.2. The van der Waals surface area contributed by atoms with Gasteiger partial charge in [0.05, 0.1) is 28.0 Å². The number of aryl methyl sites for hydroxylation is 2. The molecule has 0 spiro atoms. The van der Waals surface area contributed by atoms with Crippen molar-refractivity contribution in [2.24, 2.45) is 7.05 Å². The molecule has 2 aromatic heterocycles. The zero-order valence-corrected chi connectivity index (χ0v) is 19.3. The fraction of sp³-hybridized carbons (Fsp3) is 0.192. The van der Waals surface area contributed by atoms with Crippen LogP contribution in [0.5, 0.6) is 0 Å². The molecular formula is C26H24N4O4. The van der Waals surface area contributed by atoms with Crippen LogP contribution in [0.1, 0.15) is 40.3 Å². The molecule has 0 saturated carbocycles. The quantitative estimate of drug-likeness (QED) is 0.342. The fourth-order valence-corrected chi connectivity index (χ4v) is 3.77. The maximum Gasteiger partial charge on any atom is 0.339 e. The molecule has 34 heavy (non-hydrogen) atoms. The van der Waals surface area contributed by atoms with Crippen LogP contribution in [0.2, 0.25) is 0 Å². The highest BCUT2D eigenvalue weighted by Crippen LogP contribution is 2.27. The van der Waals surface area contributed by atoms with Crippen molar-refractivity contribution in [2.45, 2.75) is 26.9 Å². The number of para-hydroxylation sites is 1. The Balaban J connectivity index is 1.64. The Hall–Kier alpha value is -4.33. The fourth-order valence-electron chi connectivity index (χ4n) is 3.77. The summed E-state index contributed by atoms with van der Waals surface area (Å²) in [5.41, 5.74) is 3.62. The van der Waals surface area contributed by atoms with Gasteiger partial charge in [-0.3, -0.25) is 14.3 Å². The number of carbonyl (C=O) groups excluding carboxylic acids is 3. The van der Waals surface area contributed by atoms with Gasteiger partial charge in [-0.15, -0.1) is 0 Å². The average Bonchev–Trinajstić information content (AvgIpc) is 3.12. The Morgan fingerprint density at radius 3 is 2.38 bits per heavy atom. The number of fused-ring (bicyclic) bond motifs is 1. The van der Waals surface area contributed by atoms with E-state index in [0.29, 0.717) is 33.7 Å². The van der Waals surface area contributed by atoms with E-state index in [9.17, 15) is 14.4 Å². The second-order valence-electron chi connectivity index (χ2n) is 7.97. The van der Waals surface area contributed by atoms with Crippen molar-refractivity contribution in [1.29, 1.82) is 0 Å². The van der Waals surface area contributed by atoms with Gasteiger partial charge in [0.15, 0.2) is 17.5 Å². The molecule has 8 nitrogen and oxygen atoms in total. The van der Waals surface area contributed by atoms with Crippen LogP contribution in [0.25, 0.3) is 22.3 Å². The molecule has 4 rings (SSSR count). The number of rotatable bonds is 6. The van der Waals surface area contributed by atoms with Gasteiger partial charge in [-0.25, -0.2) is 9.78 Å². The number of aromatic nitrogens is 3. The third-order valence-corrected chi connectivity index (χ3v) is 5.48. The molecule has 2 aromatic carbocycles. The van der Waals surface area contributed by atoms with E-state index in [1.165, 1.54) is 13.8 Å². The first-order chi connectivity index (χ1) is 16.3. The number of ketones is 1. The maximum atomic E-state index is 13.2. The molecule has 0 aliphatic rings. The second kappa shape index (κ2) is 9.27. The van der Waals surface area contributed by atoms with Crippen LogP contribution < -0.4 is 5.32 Å². The van der Waals surface area contributed by atoms with E-state index in [1.54, 1.807) is 49.0 Å². The molecule has 2 heterocycles. The largest absolute Gasteiger partial charge is 0.449 e. The summed E-state index contributed by atoms with van der Waals surface area (Å²) in [7, 11) is 1.76. The summed E-state index contributed by atoms with van der Waals surface area (Å²) in [5.74, 6) is -1.39. The summed E-state index contributed by atoms with van der Waals surface area (Å²) < 4.78 is 7.15. The first-order valence-corrected chi connectivity index (χ1v) is 10.8. The predicted molar refractivity (Wildman–Crippen MR) is 129 cm³/mol. The number of hydrogen-bond donors (Lipinski definition) is 1. The highest BCUT2D eigenvalue weighted by molar-refractivity contribution is 6.07. The molecule has 8 heteroatoms. The SMILES string of the molecule is CC(=O)c1ccccc1NC(=O)C(C)OC(=O)c1cc(-c2ccccc2)nc2c1c(C)nn2C. The van der Waals surface area contributed by atoms with E-state index in [0.717, 1.165) is 5.56 Å². The van der Waals surface area contributed by atoms with Gasteiger partial charge in [0.1, 0.15) is 0 Å². The molecule has 0 bridgehead atoms. The monoisotopic (exact) mass is 456 g/mol. The minimum atomic E-state index is -1.10. The summed E-state index contributed by atoms with van der Waals surface area (Å²) in [6.45, 7) is 4.69. The highest BCUT2D eigenvalue weighted by Gasteiger charge is 2.25. The zero-order valence-electron chi connectivity index (χ0n) is 19.3. The number of nitrogens with zero attached hydrogens (tertiary/aromatic N) is 3. The lowest BCUT2D eigenvalue weighted by molar-refractivity contribution is -0.123. The van der Waals surface area contributed by atoms with Crippen molar-refractivity contribution in [2.75, 3.05) is 5.32 Å². The van der Waals surface area contributed by atoms with Crippen LogP contribution in [-0.4, -0.2) is 38.5 Å². The van der Waals surface area contributed by atoms with E-state index in [-0.39, 0.29) is 11.3 Å². The number of pyridine rings is 1. The van der Waals surface area contributed by atoms with Crippen molar-refractivity contribution in [3.8, 4) is 11.3 Å². The minimum absolute atomic E-state index is 0.180. The number of anilines is 1. The Kier molecular flexibility index (Phi) is 6.23. The standard InChI is InChI=1S/C26H24N4O4/c1-15-23-20(14-22(18-10-6-5-7-11-18)27-24(23)30(4)29-15)26(33)34-17(3)25(32)28-21-13-9-8-12-19(21)16(2)31/h5-14,17H,1-4H3,(H,28,32). The van der Waals surface area contributed by atoms with Crippen molar-refractivity contribution in [1.82, 2.24) is 14.8 Å². The Morgan fingerprint density at radius 2 is 1.68 bits per heavy atom. The molecule has 1 N–H and O–H groups in total. The molecular weight excluding hydrogens is 432 g/mol. The molecule has 1 amide bonds. The lowest BCUT2D eigenvalue weighted by atomic mass is 10.1. The third-order valence-electron chi connectivity index (χ3n) is 5.48. The summed E-state index contributed by atoms with van der Waals surface area (Å²) in [6.07, 6.45) is -1.10. The Morgan fingerprint density at radius 1 is 1.00 bits per heavy atom. The molecule has 0 aliphatic carbocycles. The average molecular weight is 457 g/mol. The number of amides is 1. The summed E-state index contributed by atoms with van der Waals surface area (Å²) in [5, 5.41) is 7.64. The first kappa shape index (κ1) is 22.8. The molecule has 0 fully saturated rings. The van der Waals surface area contributed by atoms with Crippen LogP contribution in [0.3, 0.4) is 0 Å². The van der Waals surface area contributed by atoms with Crippen LogP contribution in [0, 0.1) is 6.92 Å². The van der Waals surface area contributed by atoms with Crippen molar-refractivity contribution in [3.05, 3.63) is 77.5 Å². The Bertz CT molecular complexity index is 1410. The van der Waals surface area contributed by atoms with Crippen LogP contribution >= 0.6 is 0 Å². The lowest BCUT2D eigenvalue weighted by Gasteiger charge is -2.16. The van der Waals surface area contributed by atoms with Crippen LogP contribution in [-0.2, 0) is 16.6 Å². The van der Waals surface area contributed by atoms with Gasteiger partial charge in [-0.05, 0) is 39.0 Å². The van der Waals surface area contributed by atoms with Crippen molar-refractivity contribution < 1.29 is 19.1 Å². The predicted octanol–water partition coefficient (Wildman–Crippen LogP) is 4.33. The zero-order chi connectivity index (χ0) is 24.4. The van der Waals surface area contributed by atoms with Gasteiger partial charge in [0.25, 0.3) is 5.91 Å². The van der Waals surface area contributed by atoms with Crippen LogP contribution in [0.4, 0.5) is 5.69 Å². The number of ether oxygens (including phenoxy) is 1. The number of esters is 1. The van der Waals surface area contributed by atoms with Crippen LogP contribution in [0.15, 0.2) is 60.7 Å². The number of hydrogen-bond acceptors (Lipinski definition) is 6. The molecule has 0 aliphatic heterocycles. The Labute approximate surface area is 196 Å². The van der Waals surface area contributed by atoms with Gasteiger partial charge in [-0.1, -0.05) is 42.5 Å². The summed E-state index contributed by atoms with van der Waals surface area (Å²) in [6, 6.07) is 17.8. The lowest BCUT2D eigenvalue weighted by Crippen LogP contribution is -2.30. The third kappa shape index (κ3) is 4.43. The van der Waals surface area contributed by atoms with Crippen molar-refractivity contribution in [3.63, 3.8) is 0 Å². The summed E-state index contributed by atoms with van der Waals surface area (Å²) >= 11 is 0. The molecule has 0 radical (unpaired) electrons. The van der Waals surface area contributed by atoms with E-state index < -0.39 is 18.0 Å². The van der Waals surface area contributed by atoms with Gasteiger partial charge in [-0.2, -0.15) is 5.10 Å². The van der Waals surface area contributed by atoms with Gasteiger partial charge >= 0.3 is 5.97 Å². The van der Waals surface area contributed by atoms with Gasteiger partial charge in [0.2, 0.25) is 0 Å². The van der Waals surface area contributed by atoms with E-state index in [4.69, 9.17) is 4.74 Å². The van der Waals surface area contributed by atoms with E-state index >= 15 is 0 Å². The normalized spacial score (nSPS) is 11.8. The van der Waals surface area contributed by atoms with E-state index in [2.05, 4.69) is 15.4 Å². The summed E-state index contributed by atoms with van der Waals surface area (Å²) in [4.78, 5) is 42.5. The smallest absolute Gasteiger partial charge is 0.339 e. The number of benzene rings is 2. The number of Topliss-reactive ketones (excluding diaryl/α,β-unsaturated/α-hetero) is 1. The highest BCUT2D eigenvalue weighted by atomic mass is 16.5. The van der Waals surface area contributed by atoms with Gasteiger partial charge in [0, 0.05) is 18.2 Å². The van der Waals surface area contributed by atoms with E-state index in [1.807, 2.05) is 30.3 Å². The first-order valence-electron chi connectivity index (χ1n) is 10.8. The number of carbonyl (C=O) groups is 3. The molecule has 1 unspecified atom stereocenters. The van der Waals surface area contributed by atoms with Gasteiger partial charge < -0.3 is 10.1 Å². The topological polar surface area (TPSA) is 103 Å². The number of nitrogens with one attached hydrogen (secondary N) is 1. The second-order valence-corrected chi connectivity index (χ2v) is 7.97. The minimum Gasteiger partial charge on any atom is -0.449 e. The molecule has 4 aromatic rings. The van der Waals surface area contributed by atoms with Crippen molar-refractivity contribution >= 4 is 34.4 Å². The molecule has 172 valence electrons. The molecule has 0 saturated heterocycles. The molecule has 1 atom stereocenters.